The number of aromatic nitrogens is 4. The first kappa shape index (κ1) is 20.3. The Kier molecular flexibility index (Phi) is 5.98. The molecule has 152 valence electrons. The van der Waals surface area contributed by atoms with E-state index in [1.54, 1.807) is 14.1 Å². The van der Waals surface area contributed by atoms with E-state index in [2.05, 4.69) is 43.6 Å². The van der Waals surface area contributed by atoms with Crippen LogP contribution in [0.2, 0.25) is 0 Å². The second kappa shape index (κ2) is 8.26. The molecule has 0 unspecified atom stereocenters. The number of hydrogen-bond donors (Lipinski definition) is 1. The number of hydrogen-bond acceptors (Lipinski definition) is 6. The first-order valence-corrected chi connectivity index (χ1v) is 9.84. The molecule has 0 aromatic carbocycles. The molecule has 0 bridgehead atoms. The topological polar surface area (TPSA) is 79.2 Å². The molecule has 8 nitrogen and oxygen atoms in total. The summed E-state index contributed by atoms with van der Waals surface area (Å²) in [6.07, 6.45) is 4.91. The molecule has 1 fully saturated rings. The van der Waals surface area contributed by atoms with Crippen molar-refractivity contribution in [1.82, 2.24) is 29.7 Å². The van der Waals surface area contributed by atoms with Crippen molar-refractivity contribution in [1.29, 1.82) is 0 Å². The lowest BCUT2D eigenvalue weighted by atomic mass is 10.2. The zero-order valence-corrected chi connectivity index (χ0v) is 17.7. The summed E-state index contributed by atoms with van der Waals surface area (Å²) in [4.78, 5) is 29.5. The van der Waals surface area contributed by atoms with E-state index in [-0.39, 0.29) is 11.7 Å². The van der Waals surface area contributed by atoms with Crippen molar-refractivity contribution in [3.8, 4) is 0 Å². The van der Waals surface area contributed by atoms with Crippen LogP contribution in [0.3, 0.4) is 0 Å². The first-order chi connectivity index (χ1) is 13.3. The van der Waals surface area contributed by atoms with Crippen LogP contribution in [0.1, 0.15) is 54.0 Å². The molecular formula is C20H31N7O. The van der Waals surface area contributed by atoms with Gasteiger partial charge < -0.3 is 19.7 Å². The number of aryl methyl sites for hydroxylation is 1. The Labute approximate surface area is 167 Å². The van der Waals surface area contributed by atoms with Crippen molar-refractivity contribution < 1.29 is 4.79 Å². The smallest absolute Gasteiger partial charge is 0.291 e. The van der Waals surface area contributed by atoms with Crippen LogP contribution in [-0.4, -0.2) is 63.6 Å². The Morgan fingerprint density at radius 1 is 1.32 bits per heavy atom. The van der Waals surface area contributed by atoms with Crippen molar-refractivity contribution in [3.63, 3.8) is 0 Å². The number of imidazole rings is 1. The highest BCUT2D eigenvalue weighted by atomic mass is 16.2. The summed E-state index contributed by atoms with van der Waals surface area (Å²) in [5.41, 5.74) is 1.89. The zero-order valence-electron chi connectivity index (χ0n) is 17.7. The molecule has 1 aliphatic heterocycles. The molecule has 28 heavy (non-hydrogen) atoms. The van der Waals surface area contributed by atoms with Gasteiger partial charge in [-0.25, -0.2) is 15.0 Å². The van der Waals surface area contributed by atoms with Crippen molar-refractivity contribution in [2.24, 2.45) is 0 Å². The summed E-state index contributed by atoms with van der Waals surface area (Å²) < 4.78 is 2.19. The molecule has 1 N–H and O–H groups in total. The van der Waals surface area contributed by atoms with Crippen LogP contribution < -0.4 is 10.2 Å². The van der Waals surface area contributed by atoms with Gasteiger partial charge in [-0.3, -0.25) is 4.79 Å². The fraction of sp³-hybridized carbons (Fsp3) is 0.600. The normalized spacial score (nSPS) is 16.8. The molecular weight excluding hydrogens is 354 g/mol. The molecule has 1 atom stereocenters. The largest absolute Gasteiger partial charge is 0.355 e. The Morgan fingerprint density at radius 2 is 2.07 bits per heavy atom. The minimum atomic E-state index is -0.168. The second-order valence-electron chi connectivity index (χ2n) is 7.94. The number of nitrogens with zero attached hydrogens (tertiary/aromatic N) is 6. The lowest BCUT2D eigenvalue weighted by Crippen LogP contribution is -2.34. The Morgan fingerprint density at radius 3 is 2.75 bits per heavy atom. The van der Waals surface area contributed by atoms with E-state index in [4.69, 9.17) is 0 Å². The number of amides is 1. The van der Waals surface area contributed by atoms with Gasteiger partial charge in [0.1, 0.15) is 11.6 Å². The summed E-state index contributed by atoms with van der Waals surface area (Å²) in [7, 11) is 3.44. The maximum atomic E-state index is 12.3. The van der Waals surface area contributed by atoms with Crippen LogP contribution in [0.4, 0.5) is 5.82 Å². The van der Waals surface area contributed by atoms with E-state index in [0.29, 0.717) is 12.1 Å². The summed E-state index contributed by atoms with van der Waals surface area (Å²) >= 11 is 0. The molecule has 8 heteroatoms. The fourth-order valence-electron chi connectivity index (χ4n) is 3.52. The summed E-state index contributed by atoms with van der Waals surface area (Å²) in [5.74, 6) is 2.02. The van der Waals surface area contributed by atoms with Gasteiger partial charge in [-0.15, -0.1) is 0 Å². The van der Waals surface area contributed by atoms with Gasteiger partial charge in [0.15, 0.2) is 0 Å². The molecule has 3 rings (SSSR count). The maximum Gasteiger partial charge on any atom is 0.291 e. The van der Waals surface area contributed by atoms with Gasteiger partial charge in [0.2, 0.25) is 5.82 Å². The van der Waals surface area contributed by atoms with E-state index in [1.165, 1.54) is 4.90 Å². The van der Waals surface area contributed by atoms with Gasteiger partial charge >= 0.3 is 0 Å². The van der Waals surface area contributed by atoms with E-state index in [9.17, 15) is 4.79 Å². The van der Waals surface area contributed by atoms with Crippen molar-refractivity contribution >= 4 is 11.7 Å². The van der Waals surface area contributed by atoms with Crippen LogP contribution in [0.15, 0.2) is 12.4 Å². The third-order valence-corrected chi connectivity index (χ3v) is 5.30. The van der Waals surface area contributed by atoms with E-state index in [1.807, 2.05) is 26.2 Å². The second-order valence-corrected chi connectivity index (χ2v) is 7.94. The molecule has 0 aliphatic carbocycles. The number of nitrogens with one attached hydrogen (secondary N) is 1. The summed E-state index contributed by atoms with van der Waals surface area (Å²) in [5, 5.41) is 3.63. The van der Waals surface area contributed by atoms with Gasteiger partial charge in [-0.2, -0.15) is 0 Å². The first-order valence-electron chi connectivity index (χ1n) is 9.84. The molecule has 1 saturated heterocycles. The quantitative estimate of drug-likeness (QED) is 0.819. The maximum absolute atomic E-state index is 12.3. The molecule has 1 aliphatic rings. The molecule has 0 spiro atoms. The molecule has 3 heterocycles. The van der Waals surface area contributed by atoms with Crippen LogP contribution in [0, 0.1) is 13.8 Å². The molecule has 2 aromatic rings. The van der Waals surface area contributed by atoms with Gasteiger partial charge in [-0.05, 0) is 34.1 Å². The van der Waals surface area contributed by atoms with Crippen LogP contribution in [0.5, 0.6) is 0 Å². The Balaban J connectivity index is 1.69. The van der Waals surface area contributed by atoms with Crippen LogP contribution in [-0.2, 0) is 6.54 Å². The average molecular weight is 386 g/mol. The van der Waals surface area contributed by atoms with Gasteiger partial charge in [0.25, 0.3) is 5.91 Å². The predicted octanol–water partition coefficient (Wildman–Crippen LogP) is 1.94. The molecule has 0 radical (unpaired) electrons. The molecule has 0 saturated carbocycles. The predicted molar refractivity (Wildman–Crippen MR) is 110 cm³/mol. The lowest BCUT2D eigenvalue weighted by molar-refractivity contribution is 0.0815. The minimum absolute atomic E-state index is 0.168. The Bertz CT molecular complexity index is 843. The molecule has 2 aromatic heterocycles. The highest BCUT2D eigenvalue weighted by molar-refractivity contribution is 5.90. The number of carbonyl (C=O) groups is 1. The van der Waals surface area contributed by atoms with Gasteiger partial charge in [0.05, 0.1) is 6.54 Å². The van der Waals surface area contributed by atoms with E-state index < -0.39 is 0 Å². The summed E-state index contributed by atoms with van der Waals surface area (Å²) in [6.45, 7) is 10.8. The lowest BCUT2D eigenvalue weighted by Gasteiger charge is -2.22. The van der Waals surface area contributed by atoms with Crippen molar-refractivity contribution in [2.75, 3.05) is 32.1 Å². The number of anilines is 1. The molecule has 1 amide bonds. The highest BCUT2D eigenvalue weighted by Gasteiger charge is 2.27. The van der Waals surface area contributed by atoms with E-state index >= 15 is 0 Å². The zero-order chi connectivity index (χ0) is 20.4. The van der Waals surface area contributed by atoms with Gasteiger partial charge in [-0.1, -0.05) is 0 Å². The fourth-order valence-corrected chi connectivity index (χ4v) is 3.52. The monoisotopic (exact) mass is 385 g/mol. The van der Waals surface area contributed by atoms with Crippen molar-refractivity contribution in [2.45, 2.75) is 52.7 Å². The standard InChI is InChI=1S/C20H31N7O/c1-13(2)27-10-8-21-17(27)11-22-16-7-9-26(12-16)19-14(3)15(4)23-18(24-19)20(28)25(5)6/h8,10,13,16,22H,7,9,11-12H2,1-6H3/t16-/m1/s1. The highest BCUT2D eigenvalue weighted by Crippen LogP contribution is 2.24. The number of rotatable bonds is 6. The SMILES string of the molecule is Cc1nc(C(=O)N(C)C)nc(N2CC[C@@H](NCc3nccn3C(C)C)C2)c1C. The van der Waals surface area contributed by atoms with Crippen LogP contribution in [0.25, 0.3) is 0 Å². The summed E-state index contributed by atoms with van der Waals surface area (Å²) in [6, 6.07) is 0.763. The Hall–Kier alpha value is -2.48. The average Bonchev–Trinajstić information content (AvgIpc) is 3.30. The van der Waals surface area contributed by atoms with Crippen molar-refractivity contribution in [3.05, 3.63) is 35.3 Å². The van der Waals surface area contributed by atoms with E-state index in [0.717, 1.165) is 49.0 Å². The van der Waals surface area contributed by atoms with Gasteiger partial charge in [0, 0.05) is 62.9 Å². The minimum Gasteiger partial charge on any atom is -0.355 e. The third kappa shape index (κ3) is 4.16. The third-order valence-electron chi connectivity index (χ3n) is 5.30. The number of carbonyl (C=O) groups excluding carboxylic acids is 1. The van der Waals surface area contributed by atoms with Crippen LogP contribution >= 0.6 is 0 Å².